The molecule has 0 atom stereocenters. The van der Waals surface area contributed by atoms with Gasteiger partial charge < -0.3 is 5.32 Å². The Morgan fingerprint density at radius 1 is 1.27 bits per heavy atom. The standard InChI is InChI=1S/C21H20F4N4O/c1-12-10-26-20-18(14-6-7-15(16(22)9-14)21(23,24)25)19(28-29(20)11-12)27-17(30)8-13-4-2-3-5-13/h6-7,9-11,13H,2-5,8H2,1H3,(H,27,28,30). The first-order chi connectivity index (χ1) is 14.2. The molecule has 1 fully saturated rings. The zero-order valence-electron chi connectivity index (χ0n) is 16.3. The number of nitrogens with zero attached hydrogens (tertiary/aromatic N) is 3. The van der Waals surface area contributed by atoms with Crippen LogP contribution >= 0.6 is 0 Å². The largest absolute Gasteiger partial charge is 0.419 e. The highest BCUT2D eigenvalue weighted by atomic mass is 19.4. The van der Waals surface area contributed by atoms with Crippen molar-refractivity contribution in [3.8, 4) is 11.1 Å². The highest BCUT2D eigenvalue weighted by molar-refractivity contribution is 5.97. The van der Waals surface area contributed by atoms with Gasteiger partial charge in [0, 0.05) is 18.8 Å². The maximum Gasteiger partial charge on any atom is 0.419 e. The molecule has 30 heavy (non-hydrogen) atoms. The molecule has 158 valence electrons. The number of carbonyl (C=O) groups is 1. The van der Waals surface area contributed by atoms with Gasteiger partial charge in [0.05, 0.1) is 11.1 Å². The molecule has 0 bridgehead atoms. The summed E-state index contributed by atoms with van der Waals surface area (Å²) in [6, 6.07) is 2.65. The van der Waals surface area contributed by atoms with Gasteiger partial charge in [0.15, 0.2) is 11.5 Å². The lowest BCUT2D eigenvalue weighted by molar-refractivity contribution is -0.140. The van der Waals surface area contributed by atoms with Crippen LogP contribution < -0.4 is 5.32 Å². The van der Waals surface area contributed by atoms with Gasteiger partial charge in [-0.05, 0) is 48.9 Å². The lowest BCUT2D eigenvalue weighted by Gasteiger charge is -2.11. The molecule has 1 amide bonds. The molecule has 9 heteroatoms. The summed E-state index contributed by atoms with van der Waals surface area (Å²) >= 11 is 0. The highest BCUT2D eigenvalue weighted by Crippen LogP contribution is 2.37. The molecule has 5 nitrogen and oxygen atoms in total. The highest BCUT2D eigenvalue weighted by Gasteiger charge is 2.34. The van der Waals surface area contributed by atoms with E-state index in [2.05, 4.69) is 15.4 Å². The molecular formula is C21H20F4N4O. The lowest BCUT2D eigenvalue weighted by atomic mass is 10.0. The minimum Gasteiger partial charge on any atom is -0.309 e. The predicted octanol–water partition coefficient (Wildman–Crippen LogP) is 5.38. The van der Waals surface area contributed by atoms with E-state index >= 15 is 0 Å². The molecule has 0 aliphatic heterocycles. The fraction of sp³-hybridized carbons (Fsp3) is 0.381. The number of benzene rings is 1. The molecule has 0 radical (unpaired) electrons. The SMILES string of the molecule is Cc1cnc2c(-c3ccc(C(F)(F)F)c(F)c3)c(NC(=O)CC3CCCC3)nn2c1. The lowest BCUT2D eigenvalue weighted by Crippen LogP contribution is -2.16. The summed E-state index contributed by atoms with van der Waals surface area (Å²) < 4.78 is 54.5. The van der Waals surface area contributed by atoms with Crippen molar-refractivity contribution in [2.75, 3.05) is 5.32 Å². The van der Waals surface area contributed by atoms with Gasteiger partial charge in [0.25, 0.3) is 0 Å². The van der Waals surface area contributed by atoms with Crippen LogP contribution in [0.15, 0.2) is 30.6 Å². The van der Waals surface area contributed by atoms with Crippen molar-refractivity contribution in [2.45, 2.75) is 45.2 Å². The number of aromatic nitrogens is 3. The summed E-state index contributed by atoms with van der Waals surface area (Å²) in [6.07, 6.45) is 3.01. The number of anilines is 1. The van der Waals surface area contributed by atoms with Gasteiger partial charge in [-0.25, -0.2) is 13.9 Å². The minimum atomic E-state index is -4.79. The van der Waals surface area contributed by atoms with E-state index in [0.29, 0.717) is 24.1 Å². The first-order valence-electron chi connectivity index (χ1n) is 9.74. The number of rotatable bonds is 4. The molecule has 1 aromatic carbocycles. The van der Waals surface area contributed by atoms with Crippen LogP contribution in [0.5, 0.6) is 0 Å². The van der Waals surface area contributed by atoms with E-state index in [4.69, 9.17) is 0 Å². The van der Waals surface area contributed by atoms with Crippen molar-refractivity contribution >= 4 is 17.4 Å². The molecule has 1 aliphatic carbocycles. The van der Waals surface area contributed by atoms with E-state index in [1.165, 1.54) is 4.52 Å². The number of fused-ring (bicyclic) bond motifs is 1. The molecule has 4 rings (SSSR count). The molecule has 2 aromatic heterocycles. The van der Waals surface area contributed by atoms with E-state index in [-0.39, 0.29) is 22.9 Å². The van der Waals surface area contributed by atoms with Gasteiger partial charge in [-0.1, -0.05) is 18.9 Å². The van der Waals surface area contributed by atoms with Crippen molar-refractivity contribution in [3.63, 3.8) is 0 Å². The van der Waals surface area contributed by atoms with Gasteiger partial charge in [-0.2, -0.15) is 13.2 Å². The normalized spacial score (nSPS) is 15.1. The molecule has 0 unspecified atom stereocenters. The number of aryl methyl sites for hydroxylation is 1. The second-order valence-corrected chi connectivity index (χ2v) is 7.72. The first-order valence-corrected chi connectivity index (χ1v) is 9.74. The number of carbonyl (C=O) groups excluding carboxylic acids is 1. The Kier molecular flexibility index (Phi) is 5.21. The third kappa shape index (κ3) is 4.01. The van der Waals surface area contributed by atoms with E-state index in [1.807, 2.05) is 6.92 Å². The number of nitrogens with one attached hydrogen (secondary N) is 1. The maximum atomic E-state index is 14.2. The monoisotopic (exact) mass is 420 g/mol. The average molecular weight is 420 g/mol. The average Bonchev–Trinajstić information content (AvgIpc) is 3.27. The van der Waals surface area contributed by atoms with Gasteiger partial charge in [-0.3, -0.25) is 4.79 Å². The number of hydrogen-bond acceptors (Lipinski definition) is 3. The molecule has 3 aromatic rings. The number of halogens is 4. The second-order valence-electron chi connectivity index (χ2n) is 7.72. The molecule has 0 spiro atoms. The van der Waals surface area contributed by atoms with Crippen LogP contribution in [-0.2, 0) is 11.0 Å². The van der Waals surface area contributed by atoms with Crippen LogP contribution in [0.25, 0.3) is 16.8 Å². The predicted molar refractivity (Wildman–Crippen MR) is 103 cm³/mol. The summed E-state index contributed by atoms with van der Waals surface area (Å²) in [5.41, 5.74) is 0.207. The Balaban J connectivity index is 1.75. The fourth-order valence-electron chi connectivity index (χ4n) is 3.94. The third-order valence-electron chi connectivity index (χ3n) is 5.37. The fourth-order valence-corrected chi connectivity index (χ4v) is 3.94. The van der Waals surface area contributed by atoms with Crippen molar-refractivity contribution in [1.82, 2.24) is 14.6 Å². The third-order valence-corrected chi connectivity index (χ3v) is 5.37. The van der Waals surface area contributed by atoms with E-state index in [9.17, 15) is 22.4 Å². The Bertz CT molecular complexity index is 1100. The second kappa shape index (κ2) is 7.70. The zero-order valence-corrected chi connectivity index (χ0v) is 16.3. The van der Waals surface area contributed by atoms with Crippen molar-refractivity contribution in [1.29, 1.82) is 0 Å². The number of hydrogen-bond donors (Lipinski definition) is 1. The van der Waals surface area contributed by atoms with Gasteiger partial charge >= 0.3 is 6.18 Å². The topological polar surface area (TPSA) is 59.3 Å². The van der Waals surface area contributed by atoms with Crippen LogP contribution in [0.3, 0.4) is 0 Å². The molecule has 1 aliphatic rings. The van der Waals surface area contributed by atoms with Crippen LogP contribution in [0.1, 0.15) is 43.2 Å². The summed E-state index contributed by atoms with van der Waals surface area (Å²) in [5.74, 6) is -1.16. The van der Waals surface area contributed by atoms with Crippen LogP contribution in [-0.4, -0.2) is 20.5 Å². The Labute approximate surface area is 170 Å². The van der Waals surface area contributed by atoms with E-state index < -0.39 is 17.6 Å². The summed E-state index contributed by atoms with van der Waals surface area (Å²) in [6.45, 7) is 1.81. The van der Waals surface area contributed by atoms with Crippen LogP contribution in [0.2, 0.25) is 0 Å². The molecule has 1 N–H and O–H groups in total. The summed E-state index contributed by atoms with van der Waals surface area (Å²) in [4.78, 5) is 16.8. The van der Waals surface area contributed by atoms with Gasteiger partial charge in [-0.15, -0.1) is 5.10 Å². The van der Waals surface area contributed by atoms with Crippen molar-refractivity contribution < 1.29 is 22.4 Å². The van der Waals surface area contributed by atoms with Crippen LogP contribution in [0.4, 0.5) is 23.4 Å². The zero-order chi connectivity index (χ0) is 21.5. The quantitative estimate of drug-likeness (QED) is 0.577. The van der Waals surface area contributed by atoms with E-state index in [1.54, 1.807) is 12.4 Å². The summed E-state index contributed by atoms with van der Waals surface area (Å²) in [7, 11) is 0. The Morgan fingerprint density at radius 3 is 2.67 bits per heavy atom. The molecule has 1 saturated carbocycles. The van der Waals surface area contributed by atoms with Crippen molar-refractivity contribution in [3.05, 3.63) is 47.5 Å². The van der Waals surface area contributed by atoms with Crippen molar-refractivity contribution in [2.24, 2.45) is 5.92 Å². The van der Waals surface area contributed by atoms with E-state index in [0.717, 1.165) is 43.4 Å². The van der Waals surface area contributed by atoms with Crippen LogP contribution in [0, 0.1) is 18.7 Å². The Morgan fingerprint density at radius 2 is 2.00 bits per heavy atom. The first kappa shape index (κ1) is 20.3. The Hall–Kier alpha value is -2.97. The molecule has 2 heterocycles. The smallest absolute Gasteiger partial charge is 0.309 e. The number of alkyl halides is 3. The number of amides is 1. The molecular weight excluding hydrogens is 400 g/mol. The minimum absolute atomic E-state index is 0.148. The maximum absolute atomic E-state index is 14.2. The van der Waals surface area contributed by atoms with Gasteiger partial charge in [0.1, 0.15) is 5.82 Å². The molecule has 0 saturated heterocycles. The van der Waals surface area contributed by atoms with Gasteiger partial charge in [0.2, 0.25) is 5.91 Å². The summed E-state index contributed by atoms with van der Waals surface area (Å²) in [5, 5.41) is 7.10.